The molecule has 1 saturated carbocycles. The molecule has 644 valence electrons. The molecule has 0 bridgehead atoms. The van der Waals surface area contributed by atoms with Crippen LogP contribution in [-0.2, 0) is 39.9 Å². The zero-order valence-corrected chi connectivity index (χ0v) is 70.9. The minimum absolute atomic E-state index is 0.105. The lowest BCUT2D eigenvalue weighted by molar-refractivity contribution is 0.122. The molecule has 1 unspecified atom stereocenters. The molecule has 6 aromatic carbocycles. The number of hydrogen-bond donors (Lipinski definition) is 3. The summed E-state index contributed by atoms with van der Waals surface area (Å²) in [5.74, 6) is 2.51. The molecular formula is C90H109F6N23O3. The molecular weight excluding hydrogens is 1570 g/mol. The van der Waals surface area contributed by atoms with Gasteiger partial charge in [-0.1, -0.05) is 122 Å². The van der Waals surface area contributed by atoms with Crippen LogP contribution in [0.1, 0.15) is 162 Å². The molecule has 122 heavy (non-hydrogen) atoms. The number of halogens is 6. The fraction of sp³-hybridized carbons (Fsp3) is 0.467. The van der Waals surface area contributed by atoms with Crippen molar-refractivity contribution in [3.05, 3.63) is 196 Å². The second-order valence-corrected chi connectivity index (χ2v) is 34.2. The molecule has 12 aromatic rings. The van der Waals surface area contributed by atoms with Crippen LogP contribution in [0.5, 0.6) is 0 Å². The van der Waals surface area contributed by atoms with E-state index in [0.717, 1.165) is 58.2 Å². The molecule has 10 heterocycles. The van der Waals surface area contributed by atoms with Gasteiger partial charge in [-0.25, -0.2) is 41.3 Å². The second-order valence-electron chi connectivity index (χ2n) is 34.2. The summed E-state index contributed by atoms with van der Waals surface area (Å²) in [7, 11) is 6.34. The summed E-state index contributed by atoms with van der Waals surface area (Å²) >= 11 is 0. The zero-order chi connectivity index (χ0) is 85.2. The molecule has 4 saturated heterocycles. The van der Waals surface area contributed by atoms with Gasteiger partial charge in [0.05, 0.1) is 72.7 Å². The van der Waals surface area contributed by atoms with Gasteiger partial charge in [-0.15, -0.1) is 0 Å². The summed E-state index contributed by atoms with van der Waals surface area (Å²) in [6.07, 6.45) is 2.08. The Labute approximate surface area is 707 Å². The Morgan fingerprint density at radius 3 is 1.05 bits per heavy atom. The molecule has 26 nitrogen and oxygen atoms in total. The number of nitrogens with one attached hydrogen (secondary N) is 3. The molecule has 32 heteroatoms. The van der Waals surface area contributed by atoms with Crippen LogP contribution < -0.4 is 30.7 Å². The molecule has 4 aliphatic heterocycles. The molecule has 6 aromatic heterocycles. The van der Waals surface area contributed by atoms with Crippen molar-refractivity contribution in [3.63, 3.8) is 0 Å². The van der Waals surface area contributed by atoms with Crippen molar-refractivity contribution in [1.82, 2.24) is 83.3 Å². The number of nitrogens with zero attached hydrogens (tertiary/aromatic N) is 20. The Morgan fingerprint density at radius 2 is 0.697 bits per heavy atom. The van der Waals surface area contributed by atoms with Crippen molar-refractivity contribution in [1.29, 1.82) is 0 Å². The fourth-order valence-corrected chi connectivity index (χ4v) is 17.1. The average molecular weight is 1680 g/mol. The summed E-state index contributed by atoms with van der Waals surface area (Å²) < 4.78 is 106. The third kappa shape index (κ3) is 20.8. The lowest BCUT2D eigenvalue weighted by atomic mass is 9.86. The van der Waals surface area contributed by atoms with E-state index in [0.29, 0.717) is 160 Å². The Hall–Kier alpha value is -11.1. The first-order valence-electron chi connectivity index (χ1n) is 42.3. The maximum absolute atomic E-state index is 14.2. The van der Waals surface area contributed by atoms with Gasteiger partial charge < -0.3 is 54.7 Å². The van der Waals surface area contributed by atoms with Gasteiger partial charge in [-0.05, 0) is 209 Å². The molecule has 1 aliphatic carbocycles. The number of morpholine rings is 3. The highest BCUT2D eigenvalue weighted by atomic mass is 19.3. The van der Waals surface area contributed by atoms with Crippen molar-refractivity contribution in [2.45, 2.75) is 153 Å². The third-order valence-electron chi connectivity index (χ3n) is 22.8. The Balaban J connectivity index is 0.000000142. The van der Waals surface area contributed by atoms with Crippen LogP contribution in [0, 0.1) is 0 Å². The van der Waals surface area contributed by atoms with Crippen LogP contribution in [0.2, 0.25) is 0 Å². The quantitative estimate of drug-likeness (QED) is 0.0405. The van der Waals surface area contributed by atoms with Gasteiger partial charge in [-0.3, -0.25) is 13.7 Å². The van der Waals surface area contributed by atoms with Crippen LogP contribution in [0.25, 0.3) is 50.9 Å². The van der Waals surface area contributed by atoms with Crippen molar-refractivity contribution < 1.29 is 40.6 Å². The molecule has 0 radical (unpaired) electrons. The summed E-state index contributed by atoms with van der Waals surface area (Å²) in [5, 5.41) is 10.5. The van der Waals surface area contributed by atoms with E-state index in [1.54, 1.807) is 72.8 Å². The standard InChI is InChI=1S/C30H36F2N8O.C30H38F2N8O.C30H35F2N7O/c1-30(2,18-20-8-4-5-9-22(20)21-12-13-38(3)19-21)37-27-34-28(39-14-16-41-17-15-39)36-29(35-27)40-24-11-7-6-10-23(24)33-26(40)25(31)32;1-30(2,20-22-11-6-5-10-21(22)12-9-15-38(3)4)37-27-34-28(39-16-18-41-19-17-39)36-29(35-27)40-24-14-8-7-13-23(24)33-26(40)25(31)32;1-30(2,19-21-11-5-6-12-22(21)20-9-3-4-10-20)37-27-34-28(38-15-17-40-18-16-38)36-29(35-27)39-24-14-8-7-13-23(24)33-26(39)25(31)32/h4-11,21,25H,12-19H2,1-3H3,(H,34,35,36,37);5-8,10-11,13-14,25H,9,12,15-20H2,1-4H3,(H,34,35,36,37);5-8,11-14,20,25H,3-4,9-10,15-19H2,1-2H3,(H,34,35,36,37). The van der Waals surface area contributed by atoms with Crippen LogP contribution in [0.4, 0.5) is 62.0 Å². The number of para-hydroxylation sites is 6. The minimum Gasteiger partial charge on any atom is -0.378 e. The first kappa shape index (κ1) is 85.9. The van der Waals surface area contributed by atoms with Gasteiger partial charge in [-0.2, -0.15) is 44.9 Å². The van der Waals surface area contributed by atoms with E-state index >= 15 is 0 Å². The molecule has 0 spiro atoms. The van der Waals surface area contributed by atoms with Gasteiger partial charge in [0.25, 0.3) is 19.3 Å². The van der Waals surface area contributed by atoms with E-state index in [-0.39, 0.29) is 17.8 Å². The number of aryl methyl sites for hydroxylation is 1. The smallest absolute Gasteiger partial charge is 0.296 e. The maximum atomic E-state index is 14.2. The fourth-order valence-electron chi connectivity index (χ4n) is 17.1. The maximum Gasteiger partial charge on any atom is 0.296 e. The van der Waals surface area contributed by atoms with E-state index < -0.39 is 53.4 Å². The largest absolute Gasteiger partial charge is 0.378 e. The Kier molecular flexibility index (Phi) is 26.9. The van der Waals surface area contributed by atoms with Crippen LogP contribution >= 0.6 is 0 Å². The molecule has 0 amide bonds. The molecule has 3 N–H and O–H groups in total. The van der Waals surface area contributed by atoms with E-state index in [4.69, 9.17) is 34.1 Å². The topological polar surface area (TPSA) is 249 Å². The SMILES string of the molecule is CC(C)(Cc1ccccc1C1CCCC1)Nc1nc(N2CCOCC2)nc(-n2c(C(F)F)nc3ccccc32)n1.CN(C)CCCc1ccccc1CC(C)(C)Nc1nc(N2CCOCC2)nc(-n2c(C(F)F)nc3ccccc32)n1.CN1CCC(c2ccccc2CC(C)(C)Nc2nc(N3CCOCC3)nc(-n3c(C(F)F)nc4ccccc43)n2)C1. The van der Waals surface area contributed by atoms with Gasteiger partial charge >= 0.3 is 0 Å². The number of anilines is 6. The van der Waals surface area contributed by atoms with E-state index in [1.165, 1.54) is 72.8 Å². The number of likely N-dealkylation sites (tertiary alicyclic amines) is 1. The first-order chi connectivity index (χ1) is 58.8. The number of rotatable bonds is 27. The van der Waals surface area contributed by atoms with Crippen molar-refractivity contribution >= 4 is 68.8 Å². The summed E-state index contributed by atoms with van der Waals surface area (Å²) in [5.41, 5.74) is 9.60. The zero-order valence-electron chi connectivity index (χ0n) is 70.9. The van der Waals surface area contributed by atoms with Gasteiger partial charge in [0.15, 0.2) is 17.5 Å². The Bertz CT molecular complexity index is 5520. The molecule has 5 aliphatic rings. The monoisotopic (exact) mass is 1670 g/mol. The number of fused-ring (bicyclic) bond motifs is 3. The second kappa shape index (κ2) is 38.1. The lowest BCUT2D eigenvalue weighted by Gasteiger charge is -2.30. The Morgan fingerprint density at radius 1 is 0.377 bits per heavy atom. The number of ether oxygens (including phenoxy) is 3. The van der Waals surface area contributed by atoms with Gasteiger partial charge in [0, 0.05) is 62.4 Å². The molecule has 1 atom stereocenters. The van der Waals surface area contributed by atoms with Gasteiger partial charge in [0.2, 0.25) is 53.5 Å². The highest BCUT2D eigenvalue weighted by molar-refractivity contribution is 5.80. The number of imidazole rings is 3. The number of aromatic nitrogens is 15. The normalized spacial score (nSPS) is 16.5. The van der Waals surface area contributed by atoms with E-state index in [2.05, 4.69) is 201 Å². The highest BCUT2D eigenvalue weighted by Crippen LogP contribution is 2.39. The predicted molar refractivity (Wildman–Crippen MR) is 464 cm³/mol. The highest BCUT2D eigenvalue weighted by Gasteiger charge is 2.34. The summed E-state index contributed by atoms with van der Waals surface area (Å²) in [4.78, 5) is 65.5. The van der Waals surface area contributed by atoms with Crippen LogP contribution in [0.15, 0.2) is 146 Å². The first-order valence-corrected chi connectivity index (χ1v) is 42.3. The van der Waals surface area contributed by atoms with Crippen LogP contribution in [0.3, 0.4) is 0 Å². The van der Waals surface area contributed by atoms with Crippen molar-refractivity contribution in [2.75, 3.05) is 150 Å². The van der Waals surface area contributed by atoms with Crippen molar-refractivity contribution in [2.24, 2.45) is 0 Å². The van der Waals surface area contributed by atoms with E-state index in [1.807, 2.05) is 14.7 Å². The third-order valence-corrected chi connectivity index (χ3v) is 22.8. The van der Waals surface area contributed by atoms with Crippen molar-refractivity contribution in [3.8, 4) is 17.8 Å². The average Bonchev–Trinajstić information content (AvgIpc) is 1.60. The number of hydrogen-bond acceptors (Lipinski definition) is 23. The number of benzene rings is 6. The van der Waals surface area contributed by atoms with E-state index in [9.17, 15) is 26.3 Å². The lowest BCUT2D eigenvalue weighted by Crippen LogP contribution is -2.39. The summed E-state index contributed by atoms with van der Waals surface area (Å²) in [6, 6.07) is 46.9. The predicted octanol–water partition coefficient (Wildman–Crippen LogP) is 15.8. The van der Waals surface area contributed by atoms with Gasteiger partial charge in [0.1, 0.15) is 0 Å². The molecule has 17 rings (SSSR count). The minimum atomic E-state index is -2.80. The summed E-state index contributed by atoms with van der Waals surface area (Å²) in [6.45, 7) is 22.7. The molecule has 5 fully saturated rings. The van der Waals surface area contributed by atoms with Crippen LogP contribution in [-0.4, -0.2) is 220 Å². The number of alkyl halides is 6. The number of likely N-dealkylation sites (N-methyl/N-ethyl adjacent to an activating group) is 1.